The van der Waals surface area contributed by atoms with Crippen molar-refractivity contribution in [1.29, 1.82) is 0 Å². The number of nitrogens with one attached hydrogen (secondary N) is 1. The average Bonchev–Trinajstić information content (AvgIpc) is 2.73. The molecule has 0 aliphatic carbocycles. The van der Waals surface area contributed by atoms with Crippen LogP contribution in [0.5, 0.6) is 0 Å². The first kappa shape index (κ1) is 11.6. The van der Waals surface area contributed by atoms with E-state index in [1.54, 1.807) is 0 Å². The third-order valence-electron chi connectivity index (χ3n) is 3.49. The van der Waals surface area contributed by atoms with Gasteiger partial charge in [-0.15, -0.1) is 0 Å². The van der Waals surface area contributed by atoms with Crippen LogP contribution in [0.2, 0.25) is 0 Å². The smallest absolute Gasteiger partial charge is 0.0765 e. The molecule has 0 bridgehead atoms. The maximum atomic E-state index is 6.16. The molecular formula is C12H22N4. The van der Waals surface area contributed by atoms with Crippen molar-refractivity contribution >= 4 is 0 Å². The quantitative estimate of drug-likeness (QED) is 0.806. The minimum absolute atomic E-state index is 0.319. The van der Waals surface area contributed by atoms with Gasteiger partial charge in [-0.05, 0) is 24.8 Å². The number of aromatic amines is 1. The third-order valence-corrected chi connectivity index (χ3v) is 3.49. The molecular weight excluding hydrogens is 200 g/mol. The van der Waals surface area contributed by atoms with Crippen molar-refractivity contribution in [2.24, 2.45) is 17.6 Å². The highest BCUT2D eigenvalue weighted by Gasteiger charge is 2.32. The van der Waals surface area contributed by atoms with Crippen LogP contribution in [0.25, 0.3) is 0 Å². The summed E-state index contributed by atoms with van der Waals surface area (Å²) in [7, 11) is 0. The van der Waals surface area contributed by atoms with Gasteiger partial charge in [0.15, 0.2) is 0 Å². The van der Waals surface area contributed by atoms with E-state index in [2.05, 4.69) is 35.0 Å². The maximum absolute atomic E-state index is 6.16. The molecule has 0 spiro atoms. The summed E-state index contributed by atoms with van der Waals surface area (Å²) in [6.07, 6.45) is 0. The minimum Gasteiger partial charge on any atom is -0.326 e. The van der Waals surface area contributed by atoms with E-state index in [-0.39, 0.29) is 0 Å². The fourth-order valence-electron chi connectivity index (χ4n) is 2.56. The lowest BCUT2D eigenvalue weighted by atomic mass is 9.92. The Hall–Kier alpha value is -0.870. The van der Waals surface area contributed by atoms with Gasteiger partial charge in [0.25, 0.3) is 0 Å². The Morgan fingerprint density at radius 2 is 2.31 bits per heavy atom. The molecule has 1 aliphatic rings. The monoisotopic (exact) mass is 222 g/mol. The molecule has 0 unspecified atom stereocenters. The Morgan fingerprint density at radius 1 is 1.56 bits per heavy atom. The highest BCUT2D eigenvalue weighted by Crippen LogP contribution is 2.23. The van der Waals surface area contributed by atoms with Gasteiger partial charge in [-0.3, -0.25) is 10.00 Å². The predicted octanol–water partition coefficient (Wildman–Crippen LogP) is 1.13. The molecule has 1 aromatic rings. The average molecular weight is 222 g/mol. The SMILES string of the molecule is Cc1cc(CN2C[C@H](C(C)C)[C@@H](N)C2)n[nH]1. The first-order valence-corrected chi connectivity index (χ1v) is 6.05. The zero-order chi connectivity index (χ0) is 11.7. The van der Waals surface area contributed by atoms with Crippen LogP contribution in [0.15, 0.2) is 6.07 Å². The molecule has 1 saturated heterocycles. The van der Waals surface area contributed by atoms with Crippen molar-refractivity contribution in [3.63, 3.8) is 0 Å². The van der Waals surface area contributed by atoms with Crippen molar-refractivity contribution in [2.45, 2.75) is 33.4 Å². The standard InChI is InChI=1S/C12H22N4/c1-8(2)11-6-16(7-12(11)13)5-10-4-9(3)14-15-10/h4,8,11-12H,5-7,13H2,1-3H3,(H,14,15)/t11-,12+/m1/s1. The second kappa shape index (κ2) is 4.55. The summed E-state index contributed by atoms with van der Waals surface area (Å²) in [5, 5.41) is 7.25. The molecule has 2 heterocycles. The molecule has 2 rings (SSSR count). The van der Waals surface area contributed by atoms with Gasteiger partial charge in [0.05, 0.1) is 5.69 Å². The van der Waals surface area contributed by atoms with Gasteiger partial charge in [-0.25, -0.2) is 0 Å². The van der Waals surface area contributed by atoms with Crippen LogP contribution >= 0.6 is 0 Å². The molecule has 4 heteroatoms. The molecule has 0 radical (unpaired) electrons. The summed E-state index contributed by atoms with van der Waals surface area (Å²) < 4.78 is 0. The molecule has 0 saturated carbocycles. The highest BCUT2D eigenvalue weighted by molar-refractivity contribution is 5.07. The van der Waals surface area contributed by atoms with E-state index in [4.69, 9.17) is 5.73 Å². The van der Waals surface area contributed by atoms with E-state index in [1.165, 1.54) is 0 Å². The Morgan fingerprint density at radius 3 is 2.81 bits per heavy atom. The summed E-state index contributed by atoms with van der Waals surface area (Å²) in [6.45, 7) is 9.56. The van der Waals surface area contributed by atoms with Gasteiger partial charge in [0.1, 0.15) is 0 Å². The van der Waals surface area contributed by atoms with Gasteiger partial charge < -0.3 is 5.73 Å². The lowest BCUT2D eigenvalue weighted by Gasteiger charge is -2.18. The number of aromatic nitrogens is 2. The van der Waals surface area contributed by atoms with E-state index < -0.39 is 0 Å². The highest BCUT2D eigenvalue weighted by atomic mass is 15.2. The van der Waals surface area contributed by atoms with Crippen LogP contribution in [0, 0.1) is 18.8 Å². The Bertz CT molecular complexity index is 345. The van der Waals surface area contributed by atoms with E-state index in [1.807, 2.05) is 6.92 Å². The van der Waals surface area contributed by atoms with Crippen molar-refractivity contribution in [2.75, 3.05) is 13.1 Å². The minimum atomic E-state index is 0.319. The van der Waals surface area contributed by atoms with E-state index in [9.17, 15) is 0 Å². The summed E-state index contributed by atoms with van der Waals surface area (Å²) in [6, 6.07) is 2.42. The second-order valence-electron chi connectivity index (χ2n) is 5.31. The zero-order valence-corrected chi connectivity index (χ0v) is 10.4. The molecule has 0 amide bonds. The zero-order valence-electron chi connectivity index (χ0n) is 10.4. The summed E-state index contributed by atoms with van der Waals surface area (Å²) >= 11 is 0. The molecule has 4 nitrogen and oxygen atoms in total. The van der Waals surface area contributed by atoms with Gasteiger partial charge in [0.2, 0.25) is 0 Å². The van der Waals surface area contributed by atoms with Crippen molar-refractivity contribution in [3.05, 3.63) is 17.5 Å². The van der Waals surface area contributed by atoms with Crippen LogP contribution in [0.3, 0.4) is 0 Å². The molecule has 3 N–H and O–H groups in total. The van der Waals surface area contributed by atoms with Crippen molar-refractivity contribution in [1.82, 2.24) is 15.1 Å². The van der Waals surface area contributed by atoms with Crippen molar-refractivity contribution in [3.8, 4) is 0 Å². The summed E-state index contributed by atoms with van der Waals surface area (Å²) in [4.78, 5) is 2.41. The molecule has 2 atom stereocenters. The Kier molecular flexibility index (Phi) is 3.30. The van der Waals surface area contributed by atoms with Gasteiger partial charge in [-0.2, -0.15) is 5.10 Å². The van der Waals surface area contributed by atoms with Crippen LogP contribution in [-0.4, -0.2) is 34.2 Å². The van der Waals surface area contributed by atoms with E-state index >= 15 is 0 Å². The fraction of sp³-hybridized carbons (Fsp3) is 0.750. The van der Waals surface area contributed by atoms with E-state index in [0.29, 0.717) is 17.9 Å². The number of nitrogens with zero attached hydrogens (tertiary/aromatic N) is 2. The largest absolute Gasteiger partial charge is 0.326 e. The third kappa shape index (κ3) is 2.44. The van der Waals surface area contributed by atoms with Gasteiger partial charge >= 0.3 is 0 Å². The van der Waals surface area contributed by atoms with Crippen LogP contribution < -0.4 is 5.73 Å². The molecule has 1 aromatic heterocycles. The number of nitrogens with two attached hydrogens (primary N) is 1. The number of H-pyrrole nitrogens is 1. The number of hydrogen-bond acceptors (Lipinski definition) is 3. The number of likely N-dealkylation sites (tertiary alicyclic amines) is 1. The molecule has 1 aliphatic heterocycles. The lowest BCUT2D eigenvalue weighted by molar-refractivity contribution is 0.293. The maximum Gasteiger partial charge on any atom is 0.0765 e. The van der Waals surface area contributed by atoms with Crippen molar-refractivity contribution < 1.29 is 0 Å². The molecule has 0 aromatic carbocycles. The molecule has 16 heavy (non-hydrogen) atoms. The number of aryl methyl sites for hydroxylation is 1. The van der Waals surface area contributed by atoms with Gasteiger partial charge in [-0.1, -0.05) is 13.8 Å². The van der Waals surface area contributed by atoms with E-state index in [0.717, 1.165) is 31.0 Å². The predicted molar refractivity (Wildman–Crippen MR) is 64.9 cm³/mol. The van der Waals surface area contributed by atoms with Crippen LogP contribution in [-0.2, 0) is 6.54 Å². The topological polar surface area (TPSA) is 57.9 Å². The molecule has 1 fully saturated rings. The van der Waals surface area contributed by atoms with Crippen LogP contribution in [0.1, 0.15) is 25.2 Å². The van der Waals surface area contributed by atoms with Gasteiger partial charge in [0, 0.05) is 31.4 Å². The lowest BCUT2D eigenvalue weighted by Crippen LogP contribution is -2.32. The second-order valence-corrected chi connectivity index (χ2v) is 5.31. The first-order chi connectivity index (χ1) is 7.56. The fourth-order valence-corrected chi connectivity index (χ4v) is 2.56. The Balaban J connectivity index is 1.93. The number of rotatable bonds is 3. The normalized spacial score (nSPS) is 26.8. The molecule has 90 valence electrons. The Labute approximate surface area is 97.2 Å². The summed E-state index contributed by atoms with van der Waals surface area (Å²) in [5.74, 6) is 1.29. The number of hydrogen-bond donors (Lipinski definition) is 2. The summed E-state index contributed by atoms with van der Waals surface area (Å²) in [5.41, 5.74) is 8.40. The first-order valence-electron chi connectivity index (χ1n) is 6.05. The van der Waals surface area contributed by atoms with Crippen LogP contribution in [0.4, 0.5) is 0 Å².